The molecule has 0 bridgehead atoms. The maximum absolute atomic E-state index is 6.59. The molecule has 0 spiro atoms. The van der Waals surface area contributed by atoms with E-state index in [1.165, 1.54) is 17.4 Å². The van der Waals surface area contributed by atoms with Crippen molar-refractivity contribution in [3.05, 3.63) is 42.1 Å². The van der Waals surface area contributed by atoms with Crippen LogP contribution in [0.25, 0.3) is 10.9 Å². The summed E-state index contributed by atoms with van der Waals surface area (Å²) in [6.07, 6.45) is 3.04. The van der Waals surface area contributed by atoms with E-state index in [0.29, 0.717) is 6.04 Å². The van der Waals surface area contributed by atoms with E-state index in [-0.39, 0.29) is 6.04 Å². The maximum atomic E-state index is 6.59. The van der Waals surface area contributed by atoms with E-state index in [1.54, 1.807) is 0 Å². The highest BCUT2D eigenvalue weighted by Gasteiger charge is 2.27. The third-order valence-corrected chi connectivity index (χ3v) is 4.54. The molecule has 0 saturated carbocycles. The van der Waals surface area contributed by atoms with Gasteiger partial charge in [0.05, 0.1) is 5.52 Å². The number of nitrogens with zero attached hydrogens (tertiary/aromatic N) is 3. The van der Waals surface area contributed by atoms with Gasteiger partial charge in [0.1, 0.15) is 0 Å². The Labute approximate surface area is 126 Å². The zero-order valence-corrected chi connectivity index (χ0v) is 12.9. The van der Waals surface area contributed by atoms with Crippen molar-refractivity contribution in [3.8, 4) is 0 Å². The summed E-state index contributed by atoms with van der Waals surface area (Å²) in [5.41, 5.74) is 8.78. The van der Waals surface area contributed by atoms with Crippen molar-refractivity contribution in [1.82, 2.24) is 14.8 Å². The normalized spacial score (nSPS) is 23.1. The smallest absolute Gasteiger partial charge is 0.0705 e. The highest BCUT2D eigenvalue weighted by molar-refractivity contribution is 5.79. The number of benzene rings is 1. The first-order valence-corrected chi connectivity index (χ1v) is 7.64. The molecule has 2 N–H and O–H groups in total. The van der Waals surface area contributed by atoms with Gasteiger partial charge in [-0.3, -0.25) is 4.98 Å². The van der Waals surface area contributed by atoms with Gasteiger partial charge in [0, 0.05) is 30.2 Å². The van der Waals surface area contributed by atoms with Crippen molar-refractivity contribution < 1.29 is 0 Å². The molecule has 1 fully saturated rings. The lowest BCUT2D eigenvalue weighted by atomic mass is 9.97. The van der Waals surface area contributed by atoms with Crippen LogP contribution in [0.2, 0.25) is 0 Å². The van der Waals surface area contributed by atoms with Crippen molar-refractivity contribution in [2.24, 2.45) is 5.73 Å². The van der Waals surface area contributed by atoms with Gasteiger partial charge in [-0.15, -0.1) is 0 Å². The molecule has 1 saturated heterocycles. The number of nitrogens with two attached hydrogens (primary N) is 1. The summed E-state index contributed by atoms with van der Waals surface area (Å²) >= 11 is 0. The molecule has 2 heterocycles. The minimum atomic E-state index is 0.0157. The first-order chi connectivity index (χ1) is 10.1. The molecule has 1 aromatic heterocycles. The van der Waals surface area contributed by atoms with Gasteiger partial charge in [0.25, 0.3) is 0 Å². The molecule has 4 nitrogen and oxygen atoms in total. The zero-order chi connectivity index (χ0) is 14.8. The average molecular weight is 284 g/mol. The van der Waals surface area contributed by atoms with Gasteiger partial charge in [-0.1, -0.05) is 18.2 Å². The highest BCUT2D eigenvalue weighted by atomic mass is 15.2. The Morgan fingerprint density at radius 3 is 2.95 bits per heavy atom. The molecule has 0 radical (unpaired) electrons. The lowest BCUT2D eigenvalue weighted by Gasteiger charge is -2.32. The van der Waals surface area contributed by atoms with E-state index in [4.69, 9.17) is 5.73 Å². The van der Waals surface area contributed by atoms with Gasteiger partial charge < -0.3 is 15.5 Å². The maximum Gasteiger partial charge on any atom is 0.0705 e. The number of hydrogen-bond donors (Lipinski definition) is 1. The molecule has 4 heteroatoms. The van der Waals surface area contributed by atoms with Gasteiger partial charge >= 0.3 is 0 Å². The quantitative estimate of drug-likeness (QED) is 0.914. The minimum Gasteiger partial charge on any atom is -0.323 e. The third-order valence-electron chi connectivity index (χ3n) is 4.54. The predicted molar refractivity (Wildman–Crippen MR) is 87.2 cm³/mol. The summed E-state index contributed by atoms with van der Waals surface area (Å²) in [4.78, 5) is 9.22. The largest absolute Gasteiger partial charge is 0.323 e. The Balaban J connectivity index is 1.89. The summed E-state index contributed by atoms with van der Waals surface area (Å²) < 4.78 is 0. The number of hydrogen-bond acceptors (Lipinski definition) is 4. The molecule has 2 atom stereocenters. The van der Waals surface area contributed by atoms with Gasteiger partial charge in [-0.05, 0) is 51.3 Å². The highest BCUT2D eigenvalue weighted by Crippen LogP contribution is 2.23. The molecular weight excluding hydrogens is 260 g/mol. The van der Waals surface area contributed by atoms with Gasteiger partial charge in [-0.2, -0.15) is 0 Å². The van der Waals surface area contributed by atoms with Crippen LogP contribution in [0.4, 0.5) is 0 Å². The number of rotatable bonds is 2. The average Bonchev–Trinajstić information content (AvgIpc) is 2.67. The van der Waals surface area contributed by atoms with Crippen LogP contribution in [0, 0.1) is 0 Å². The fourth-order valence-electron chi connectivity index (χ4n) is 3.21. The zero-order valence-electron chi connectivity index (χ0n) is 12.9. The van der Waals surface area contributed by atoms with Crippen molar-refractivity contribution in [2.45, 2.75) is 18.5 Å². The molecular formula is C17H24N4. The molecule has 0 aliphatic carbocycles. The van der Waals surface area contributed by atoms with Gasteiger partial charge in [0.15, 0.2) is 0 Å². The van der Waals surface area contributed by atoms with Crippen molar-refractivity contribution in [1.29, 1.82) is 0 Å². The lowest BCUT2D eigenvalue weighted by Crippen LogP contribution is -2.45. The molecule has 112 valence electrons. The van der Waals surface area contributed by atoms with E-state index in [2.05, 4.69) is 53.1 Å². The Bertz CT molecular complexity index is 613. The Hall–Kier alpha value is -1.49. The van der Waals surface area contributed by atoms with Crippen LogP contribution in [-0.2, 0) is 0 Å². The van der Waals surface area contributed by atoms with E-state index in [1.807, 2.05) is 12.3 Å². The van der Waals surface area contributed by atoms with Crippen LogP contribution in [0.3, 0.4) is 0 Å². The second-order valence-electron chi connectivity index (χ2n) is 6.15. The summed E-state index contributed by atoms with van der Waals surface area (Å²) in [6, 6.07) is 10.8. The summed E-state index contributed by atoms with van der Waals surface area (Å²) in [5, 5.41) is 1.17. The molecule has 2 aromatic rings. The number of aromatic nitrogens is 1. The lowest BCUT2D eigenvalue weighted by molar-refractivity contribution is 0.196. The van der Waals surface area contributed by atoms with Crippen LogP contribution in [0.15, 0.2) is 36.5 Å². The molecule has 21 heavy (non-hydrogen) atoms. The molecule has 1 aliphatic rings. The monoisotopic (exact) mass is 284 g/mol. The summed E-state index contributed by atoms with van der Waals surface area (Å²) in [5.74, 6) is 0. The molecule has 0 amide bonds. The topological polar surface area (TPSA) is 45.4 Å². The van der Waals surface area contributed by atoms with Crippen LogP contribution in [0.5, 0.6) is 0 Å². The van der Waals surface area contributed by atoms with E-state index in [9.17, 15) is 0 Å². The summed E-state index contributed by atoms with van der Waals surface area (Å²) in [6.45, 7) is 3.26. The molecule has 1 aliphatic heterocycles. The standard InChI is InChI=1S/C17H24N4/c1-20-9-4-10-21(2)16(12-20)17(18)14-7-6-13-5-3-8-19-15(13)11-14/h3,5-8,11,16-17H,4,9-10,12,18H2,1-2H3. The Morgan fingerprint density at radius 1 is 1.24 bits per heavy atom. The van der Waals surface area contributed by atoms with E-state index < -0.39 is 0 Å². The van der Waals surface area contributed by atoms with Crippen molar-refractivity contribution in [2.75, 3.05) is 33.7 Å². The summed E-state index contributed by atoms with van der Waals surface area (Å²) in [7, 11) is 4.36. The van der Waals surface area contributed by atoms with E-state index in [0.717, 1.165) is 25.2 Å². The Morgan fingerprint density at radius 2 is 2.10 bits per heavy atom. The second kappa shape index (κ2) is 6.10. The number of likely N-dealkylation sites (N-methyl/N-ethyl adjacent to an activating group) is 2. The second-order valence-corrected chi connectivity index (χ2v) is 6.15. The van der Waals surface area contributed by atoms with Crippen LogP contribution in [0.1, 0.15) is 18.0 Å². The van der Waals surface area contributed by atoms with Crippen LogP contribution in [-0.4, -0.2) is 54.6 Å². The fourth-order valence-corrected chi connectivity index (χ4v) is 3.21. The first-order valence-electron chi connectivity index (χ1n) is 7.64. The van der Waals surface area contributed by atoms with Crippen LogP contribution >= 0.6 is 0 Å². The first kappa shape index (κ1) is 14.4. The third kappa shape index (κ3) is 3.07. The van der Waals surface area contributed by atoms with Crippen molar-refractivity contribution in [3.63, 3.8) is 0 Å². The van der Waals surface area contributed by atoms with Gasteiger partial charge in [-0.25, -0.2) is 0 Å². The minimum absolute atomic E-state index is 0.0157. The van der Waals surface area contributed by atoms with Crippen LogP contribution < -0.4 is 5.73 Å². The molecule has 1 aromatic carbocycles. The fraction of sp³-hybridized carbons (Fsp3) is 0.471. The molecule has 3 rings (SSSR count). The number of fused-ring (bicyclic) bond motifs is 1. The molecule has 2 unspecified atom stereocenters. The van der Waals surface area contributed by atoms with Gasteiger partial charge in [0.2, 0.25) is 0 Å². The number of pyridine rings is 1. The Kier molecular flexibility index (Phi) is 4.19. The predicted octanol–water partition coefficient (Wildman–Crippen LogP) is 1.87. The SMILES string of the molecule is CN1CCCN(C)C(C(N)c2ccc3cccnc3c2)C1. The van der Waals surface area contributed by atoms with E-state index >= 15 is 0 Å². The van der Waals surface area contributed by atoms with Crippen molar-refractivity contribution >= 4 is 10.9 Å².